The SMILES string of the molecule is FC1=C[CH]CC=C1OCCCN1CCCCC1. The van der Waals surface area contributed by atoms with Gasteiger partial charge in [-0.05, 0) is 57.3 Å². The molecule has 0 saturated carbocycles. The summed E-state index contributed by atoms with van der Waals surface area (Å²) < 4.78 is 18.7. The molecule has 0 aromatic carbocycles. The first-order valence-corrected chi connectivity index (χ1v) is 6.61. The fourth-order valence-electron chi connectivity index (χ4n) is 2.31. The summed E-state index contributed by atoms with van der Waals surface area (Å²) >= 11 is 0. The van der Waals surface area contributed by atoms with E-state index in [9.17, 15) is 4.39 Å². The first-order chi connectivity index (χ1) is 8.36. The molecule has 2 rings (SSSR count). The molecule has 0 bridgehead atoms. The summed E-state index contributed by atoms with van der Waals surface area (Å²) in [6, 6.07) is 0. The van der Waals surface area contributed by atoms with E-state index in [0.717, 1.165) is 19.4 Å². The molecule has 17 heavy (non-hydrogen) atoms. The molecule has 1 aliphatic carbocycles. The van der Waals surface area contributed by atoms with Gasteiger partial charge in [0.1, 0.15) is 0 Å². The second-order valence-corrected chi connectivity index (χ2v) is 4.66. The predicted octanol–water partition coefficient (Wildman–Crippen LogP) is 3.22. The van der Waals surface area contributed by atoms with E-state index in [1.165, 1.54) is 38.4 Å². The van der Waals surface area contributed by atoms with Crippen LogP contribution in [0.3, 0.4) is 0 Å². The van der Waals surface area contributed by atoms with Gasteiger partial charge in [-0.1, -0.05) is 6.42 Å². The van der Waals surface area contributed by atoms with Crippen molar-refractivity contribution >= 4 is 0 Å². The molecule has 2 aliphatic rings. The molecule has 1 fully saturated rings. The maximum absolute atomic E-state index is 13.3. The highest BCUT2D eigenvalue weighted by atomic mass is 19.1. The van der Waals surface area contributed by atoms with Crippen LogP contribution in [-0.4, -0.2) is 31.1 Å². The van der Waals surface area contributed by atoms with Crippen LogP contribution >= 0.6 is 0 Å². The van der Waals surface area contributed by atoms with Gasteiger partial charge in [0.25, 0.3) is 0 Å². The van der Waals surface area contributed by atoms with E-state index >= 15 is 0 Å². The molecule has 0 amide bonds. The summed E-state index contributed by atoms with van der Waals surface area (Å²) in [5.74, 6) is 0.181. The van der Waals surface area contributed by atoms with E-state index in [1.807, 2.05) is 0 Å². The molecule has 0 atom stereocenters. The molecule has 2 nitrogen and oxygen atoms in total. The summed E-state index contributed by atoms with van der Waals surface area (Å²) in [7, 11) is 0. The summed E-state index contributed by atoms with van der Waals surface area (Å²) in [4.78, 5) is 2.47. The number of allylic oxidation sites excluding steroid dienone is 3. The van der Waals surface area contributed by atoms with Crippen LogP contribution < -0.4 is 0 Å². The number of likely N-dealkylation sites (tertiary alicyclic amines) is 1. The van der Waals surface area contributed by atoms with Crippen LogP contribution in [0, 0.1) is 6.42 Å². The quantitative estimate of drug-likeness (QED) is 0.682. The van der Waals surface area contributed by atoms with Crippen molar-refractivity contribution in [1.82, 2.24) is 4.90 Å². The number of hydrogen-bond donors (Lipinski definition) is 0. The Hall–Kier alpha value is -0.830. The van der Waals surface area contributed by atoms with Gasteiger partial charge in [-0.25, -0.2) is 4.39 Å². The molecule has 0 spiro atoms. The standard InChI is InChI=1S/C14H21FNO/c15-13-7-2-3-8-14(13)17-12-6-11-16-9-4-1-5-10-16/h2,7-8H,1,3-6,9-12H2. The van der Waals surface area contributed by atoms with Gasteiger partial charge in [0.15, 0.2) is 11.6 Å². The van der Waals surface area contributed by atoms with Crippen LogP contribution in [0.2, 0.25) is 0 Å². The zero-order chi connectivity index (χ0) is 11.9. The minimum absolute atomic E-state index is 0.241. The third-order valence-corrected chi connectivity index (χ3v) is 3.26. The molecule has 0 N–H and O–H groups in total. The van der Waals surface area contributed by atoms with Gasteiger partial charge in [-0.3, -0.25) is 0 Å². The summed E-state index contributed by atoms with van der Waals surface area (Å²) in [6.45, 7) is 4.12. The molecule has 0 aromatic rings. The van der Waals surface area contributed by atoms with Crippen molar-refractivity contribution in [1.29, 1.82) is 0 Å². The average molecular weight is 238 g/mol. The van der Waals surface area contributed by atoms with Crippen molar-refractivity contribution in [3.05, 3.63) is 30.2 Å². The average Bonchev–Trinajstić information content (AvgIpc) is 2.38. The van der Waals surface area contributed by atoms with E-state index in [4.69, 9.17) is 4.74 Å². The van der Waals surface area contributed by atoms with Crippen LogP contribution in [0.25, 0.3) is 0 Å². The van der Waals surface area contributed by atoms with Crippen LogP contribution in [0.1, 0.15) is 32.1 Å². The molecule has 1 heterocycles. The summed E-state index contributed by atoms with van der Waals surface area (Å²) in [6.07, 6.45) is 10.8. The Balaban J connectivity index is 1.59. The second-order valence-electron chi connectivity index (χ2n) is 4.66. The highest BCUT2D eigenvalue weighted by Gasteiger charge is 2.11. The normalized spacial score (nSPS) is 21.9. The Labute approximate surface area is 103 Å². The fourth-order valence-corrected chi connectivity index (χ4v) is 2.31. The second kappa shape index (κ2) is 6.80. The van der Waals surface area contributed by atoms with E-state index in [2.05, 4.69) is 4.90 Å². The fraction of sp³-hybridized carbons (Fsp3) is 0.643. The molecule has 1 saturated heterocycles. The summed E-state index contributed by atoms with van der Waals surface area (Å²) in [5.41, 5.74) is 0. The number of halogens is 1. The molecular weight excluding hydrogens is 217 g/mol. The lowest BCUT2D eigenvalue weighted by molar-refractivity contribution is 0.168. The third kappa shape index (κ3) is 4.15. The van der Waals surface area contributed by atoms with Gasteiger partial charge >= 0.3 is 0 Å². The number of nitrogens with zero attached hydrogens (tertiary/aromatic N) is 1. The van der Waals surface area contributed by atoms with E-state index in [1.54, 1.807) is 12.5 Å². The van der Waals surface area contributed by atoms with Gasteiger partial charge in [0.05, 0.1) is 6.61 Å². The van der Waals surface area contributed by atoms with Crippen molar-refractivity contribution in [2.75, 3.05) is 26.2 Å². The summed E-state index contributed by atoms with van der Waals surface area (Å²) in [5, 5.41) is 0. The van der Waals surface area contributed by atoms with Crippen LogP contribution in [0.5, 0.6) is 0 Å². The topological polar surface area (TPSA) is 12.5 Å². The molecule has 0 aromatic heterocycles. The lowest BCUT2D eigenvalue weighted by atomic mass is 10.1. The molecule has 0 unspecified atom stereocenters. The highest BCUT2D eigenvalue weighted by molar-refractivity contribution is 5.27. The molecule has 1 aliphatic heterocycles. The van der Waals surface area contributed by atoms with Crippen molar-refractivity contribution < 1.29 is 9.13 Å². The Kier molecular flexibility index (Phi) is 5.05. The van der Waals surface area contributed by atoms with Crippen molar-refractivity contribution in [2.45, 2.75) is 32.1 Å². The van der Waals surface area contributed by atoms with E-state index in [-0.39, 0.29) is 5.83 Å². The minimum Gasteiger partial charge on any atom is -0.491 e. The van der Waals surface area contributed by atoms with Crippen LogP contribution in [-0.2, 0) is 4.74 Å². The first-order valence-electron chi connectivity index (χ1n) is 6.61. The lowest BCUT2D eigenvalue weighted by Crippen LogP contribution is -2.31. The zero-order valence-electron chi connectivity index (χ0n) is 10.3. The van der Waals surface area contributed by atoms with Gasteiger partial charge < -0.3 is 9.64 Å². The minimum atomic E-state index is -0.241. The number of hydrogen-bond acceptors (Lipinski definition) is 2. The number of rotatable bonds is 5. The highest BCUT2D eigenvalue weighted by Crippen LogP contribution is 2.20. The van der Waals surface area contributed by atoms with Crippen molar-refractivity contribution in [2.24, 2.45) is 0 Å². The van der Waals surface area contributed by atoms with Crippen molar-refractivity contribution in [3.63, 3.8) is 0 Å². The number of ether oxygens (including phenoxy) is 1. The Morgan fingerprint density at radius 1 is 1.24 bits per heavy atom. The van der Waals surface area contributed by atoms with E-state index in [0.29, 0.717) is 12.4 Å². The lowest BCUT2D eigenvalue weighted by Gasteiger charge is -2.26. The Bertz CT molecular complexity index is 293. The third-order valence-electron chi connectivity index (χ3n) is 3.26. The predicted molar refractivity (Wildman–Crippen MR) is 67.1 cm³/mol. The van der Waals surface area contributed by atoms with Crippen LogP contribution in [0.15, 0.2) is 23.7 Å². The van der Waals surface area contributed by atoms with E-state index < -0.39 is 0 Å². The zero-order valence-corrected chi connectivity index (χ0v) is 10.3. The largest absolute Gasteiger partial charge is 0.491 e. The van der Waals surface area contributed by atoms with Gasteiger partial charge in [0.2, 0.25) is 0 Å². The van der Waals surface area contributed by atoms with Gasteiger partial charge in [-0.2, -0.15) is 0 Å². The monoisotopic (exact) mass is 238 g/mol. The smallest absolute Gasteiger partial charge is 0.161 e. The Morgan fingerprint density at radius 2 is 2.06 bits per heavy atom. The molecular formula is C14H21FNO. The molecule has 1 radical (unpaired) electrons. The Morgan fingerprint density at radius 3 is 2.82 bits per heavy atom. The molecule has 95 valence electrons. The molecule has 3 heteroatoms. The first kappa shape index (κ1) is 12.6. The number of piperidine rings is 1. The van der Waals surface area contributed by atoms with Gasteiger partial charge in [0, 0.05) is 6.54 Å². The van der Waals surface area contributed by atoms with Gasteiger partial charge in [-0.15, -0.1) is 0 Å². The maximum atomic E-state index is 13.3. The van der Waals surface area contributed by atoms with Crippen LogP contribution in [0.4, 0.5) is 4.39 Å². The maximum Gasteiger partial charge on any atom is 0.161 e. The van der Waals surface area contributed by atoms with Crippen molar-refractivity contribution in [3.8, 4) is 0 Å².